The largest absolute Gasteiger partial charge is 0.454 e. The molecular weight excluding hydrogens is 335 g/mol. The average molecular weight is 351 g/mol. The zero-order valence-electron chi connectivity index (χ0n) is 12.1. The predicted octanol–water partition coefficient (Wildman–Crippen LogP) is 5.71. The third-order valence-electron chi connectivity index (χ3n) is 3.15. The molecular formula is C17H16BrFO2. The summed E-state index contributed by atoms with van der Waals surface area (Å²) in [5, 5.41) is 0. The quantitative estimate of drug-likeness (QED) is 0.660. The van der Waals surface area contributed by atoms with Crippen molar-refractivity contribution in [3.8, 4) is 11.5 Å². The predicted molar refractivity (Wildman–Crippen MR) is 84.7 cm³/mol. The lowest BCUT2D eigenvalue weighted by Crippen LogP contribution is -1.98. The molecule has 110 valence electrons. The first-order chi connectivity index (χ1) is 9.88. The van der Waals surface area contributed by atoms with E-state index < -0.39 is 5.82 Å². The molecule has 2 nitrogen and oxygen atoms in total. The fraction of sp³-hybridized carbons (Fsp3) is 0.235. The Bertz CT molecular complexity index is 680. The Morgan fingerprint density at radius 3 is 2.38 bits per heavy atom. The summed E-state index contributed by atoms with van der Waals surface area (Å²) >= 11 is 3.42. The van der Waals surface area contributed by atoms with Gasteiger partial charge in [0.15, 0.2) is 17.3 Å². The maximum Gasteiger partial charge on any atom is 0.166 e. The molecule has 0 amide bonds. The topological polar surface area (TPSA) is 26.3 Å². The normalized spacial score (nSPS) is 10.8. The molecule has 0 unspecified atom stereocenters. The number of hydrogen-bond donors (Lipinski definition) is 0. The molecule has 0 N–H and O–H groups in total. The highest BCUT2D eigenvalue weighted by atomic mass is 79.9. The van der Waals surface area contributed by atoms with Gasteiger partial charge in [-0.1, -0.05) is 29.8 Å². The molecule has 2 rings (SSSR count). The van der Waals surface area contributed by atoms with Crippen LogP contribution in [-0.4, -0.2) is 5.78 Å². The summed E-state index contributed by atoms with van der Waals surface area (Å²) in [5.41, 5.74) is 1.32. The fourth-order valence-corrected chi connectivity index (χ4v) is 2.36. The molecule has 0 aliphatic heterocycles. The van der Waals surface area contributed by atoms with Crippen molar-refractivity contribution in [2.75, 3.05) is 0 Å². The lowest BCUT2D eigenvalue weighted by Gasteiger charge is -2.15. The van der Waals surface area contributed by atoms with Gasteiger partial charge in [0.05, 0.1) is 0 Å². The third-order valence-corrected chi connectivity index (χ3v) is 3.65. The third kappa shape index (κ3) is 3.70. The molecule has 0 heterocycles. The van der Waals surface area contributed by atoms with Crippen LogP contribution in [0, 0.1) is 5.82 Å². The van der Waals surface area contributed by atoms with E-state index in [9.17, 15) is 9.18 Å². The SMILES string of the molecule is CC(=O)c1ccc(Oc2ccc(Br)cc2C(C)C)c(F)c1. The van der Waals surface area contributed by atoms with Gasteiger partial charge in [-0.15, -0.1) is 0 Å². The minimum Gasteiger partial charge on any atom is -0.454 e. The summed E-state index contributed by atoms with van der Waals surface area (Å²) in [6.07, 6.45) is 0. The highest BCUT2D eigenvalue weighted by Gasteiger charge is 2.13. The van der Waals surface area contributed by atoms with Gasteiger partial charge in [-0.25, -0.2) is 4.39 Å². The Balaban J connectivity index is 2.36. The van der Waals surface area contributed by atoms with Gasteiger partial charge in [0, 0.05) is 10.0 Å². The monoisotopic (exact) mass is 350 g/mol. The minimum atomic E-state index is -0.541. The molecule has 0 atom stereocenters. The first kappa shape index (κ1) is 15.7. The molecule has 0 saturated heterocycles. The van der Waals surface area contributed by atoms with Crippen LogP contribution >= 0.6 is 15.9 Å². The lowest BCUT2D eigenvalue weighted by molar-refractivity contribution is 0.101. The molecule has 0 radical (unpaired) electrons. The van der Waals surface area contributed by atoms with E-state index in [1.54, 1.807) is 12.1 Å². The molecule has 2 aromatic rings. The number of carbonyl (C=O) groups is 1. The van der Waals surface area contributed by atoms with Crippen molar-refractivity contribution in [1.82, 2.24) is 0 Å². The Kier molecular flexibility index (Phi) is 4.78. The second-order valence-electron chi connectivity index (χ2n) is 5.14. The Morgan fingerprint density at radius 1 is 1.14 bits per heavy atom. The van der Waals surface area contributed by atoms with Crippen LogP contribution in [0.5, 0.6) is 11.5 Å². The summed E-state index contributed by atoms with van der Waals surface area (Å²) in [4.78, 5) is 11.2. The highest BCUT2D eigenvalue weighted by Crippen LogP contribution is 2.34. The van der Waals surface area contributed by atoms with Gasteiger partial charge in [0.1, 0.15) is 5.75 Å². The van der Waals surface area contributed by atoms with Gasteiger partial charge in [-0.05, 0) is 54.8 Å². The van der Waals surface area contributed by atoms with Crippen LogP contribution in [0.4, 0.5) is 4.39 Å². The van der Waals surface area contributed by atoms with Crippen LogP contribution in [0.15, 0.2) is 40.9 Å². The maximum absolute atomic E-state index is 14.0. The molecule has 0 aromatic heterocycles. The second kappa shape index (κ2) is 6.39. The van der Waals surface area contributed by atoms with Gasteiger partial charge in [-0.3, -0.25) is 4.79 Å². The van der Waals surface area contributed by atoms with Crippen molar-refractivity contribution < 1.29 is 13.9 Å². The highest BCUT2D eigenvalue weighted by molar-refractivity contribution is 9.10. The van der Waals surface area contributed by atoms with Gasteiger partial charge >= 0.3 is 0 Å². The van der Waals surface area contributed by atoms with Crippen molar-refractivity contribution in [3.05, 3.63) is 57.8 Å². The van der Waals surface area contributed by atoms with E-state index in [0.717, 1.165) is 10.0 Å². The van der Waals surface area contributed by atoms with Crippen LogP contribution in [0.1, 0.15) is 42.6 Å². The van der Waals surface area contributed by atoms with E-state index in [0.29, 0.717) is 11.3 Å². The molecule has 0 fully saturated rings. The first-order valence-corrected chi connectivity index (χ1v) is 7.45. The van der Waals surface area contributed by atoms with Crippen LogP contribution < -0.4 is 4.74 Å². The fourth-order valence-electron chi connectivity index (χ4n) is 1.98. The number of Topliss-reactive ketones (excluding diaryl/α,β-unsaturated/α-hetero) is 1. The van der Waals surface area contributed by atoms with Crippen molar-refractivity contribution in [2.24, 2.45) is 0 Å². The van der Waals surface area contributed by atoms with Crippen LogP contribution in [0.2, 0.25) is 0 Å². The number of halogens is 2. The summed E-state index contributed by atoms with van der Waals surface area (Å²) in [6, 6.07) is 9.86. The number of benzene rings is 2. The van der Waals surface area contributed by atoms with E-state index in [2.05, 4.69) is 15.9 Å². The van der Waals surface area contributed by atoms with Crippen LogP contribution in [0.3, 0.4) is 0 Å². The summed E-state index contributed by atoms with van der Waals surface area (Å²) in [5.74, 6) is 0.260. The van der Waals surface area contributed by atoms with E-state index in [1.807, 2.05) is 26.0 Å². The van der Waals surface area contributed by atoms with Crippen LogP contribution in [-0.2, 0) is 0 Å². The van der Waals surface area contributed by atoms with Crippen molar-refractivity contribution >= 4 is 21.7 Å². The molecule has 0 aliphatic rings. The smallest absolute Gasteiger partial charge is 0.166 e. The van der Waals surface area contributed by atoms with E-state index in [4.69, 9.17) is 4.74 Å². The second-order valence-corrected chi connectivity index (χ2v) is 6.06. The van der Waals surface area contributed by atoms with E-state index in [-0.39, 0.29) is 17.5 Å². The Labute approximate surface area is 132 Å². The molecule has 0 saturated carbocycles. The van der Waals surface area contributed by atoms with E-state index in [1.165, 1.54) is 19.1 Å². The average Bonchev–Trinajstić information content (AvgIpc) is 2.42. The summed E-state index contributed by atoms with van der Waals surface area (Å²) < 4.78 is 20.7. The molecule has 2 aromatic carbocycles. The van der Waals surface area contributed by atoms with Crippen molar-refractivity contribution in [2.45, 2.75) is 26.7 Å². The Hall–Kier alpha value is -1.68. The first-order valence-electron chi connectivity index (χ1n) is 6.66. The van der Waals surface area contributed by atoms with Gasteiger partial charge in [0.25, 0.3) is 0 Å². The van der Waals surface area contributed by atoms with Gasteiger partial charge < -0.3 is 4.74 Å². The molecule has 0 aliphatic carbocycles. The number of ketones is 1. The molecule has 0 spiro atoms. The zero-order valence-corrected chi connectivity index (χ0v) is 13.7. The molecule has 4 heteroatoms. The number of rotatable bonds is 4. The van der Waals surface area contributed by atoms with Crippen molar-refractivity contribution in [3.63, 3.8) is 0 Å². The van der Waals surface area contributed by atoms with Gasteiger partial charge in [0.2, 0.25) is 0 Å². The number of carbonyl (C=O) groups excluding carboxylic acids is 1. The minimum absolute atomic E-state index is 0.115. The standard InChI is InChI=1S/C17H16BrFO2/c1-10(2)14-9-13(18)5-7-16(14)21-17-6-4-12(11(3)20)8-15(17)19/h4-10H,1-3H3. The van der Waals surface area contributed by atoms with Crippen LogP contribution in [0.25, 0.3) is 0 Å². The van der Waals surface area contributed by atoms with Gasteiger partial charge in [-0.2, -0.15) is 0 Å². The zero-order chi connectivity index (χ0) is 15.6. The van der Waals surface area contributed by atoms with E-state index >= 15 is 0 Å². The summed E-state index contributed by atoms with van der Waals surface area (Å²) in [7, 11) is 0. The summed E-state index contributed by atoms with van der Waals surface area (Å²) in [6.45, 7) is 5.49. The maximum atomic E-state index is 14.0. The number of hydrogen-bond acceptors (Lipinski definition) is 2. The number of ether oxygens (including phenoxy) is 1. The lowest BCUT2D eigenvalue weighted by atomic mass is 10.0. The van der Waals surface area contributed by atoms with Crippen molar-refractivity contribution in [1.29, 1.82) is 0 Å². The molecule has 21 heavy (non-hydrogen) atoms. The Morgan fingerprint density at radius 2 is 1.81 bits per heavy atom. The molecule has 0 bridgehead atoms.